The van der Waals surface area contributed by atoms with Crippen LogP contribution in [-0.4, -0.2) is 22.9 Å². The summed E-state index contributed by atoms with van der Waals surface area (Å²) in [6.45, 7) is 0. The third kappa shape index (κ3) is 4.27. The summed E-state index contributed by atoms with van der Waals surface area (Å²) < 4.78 is 16.8. The van der Waals surface area contributed by atoms with Gasteiger partial charge in [-0.3, -0.25) is 14.9 Å². The van der Waals surface area contributed by atoms with Gasteiger partial charge in [0.2, 0.25) is 0 Å². The van der Waals surface area contributed by atoms with Gasteiger partial charge in [0, 0.05) is 17.7 Å². The van der Waals surface area contributed by atoms with Gasteiger partial charge in [0.25, 0.3) is 11.8 Å². The van der Waals surface area contributed by atoms with E-state index in [1.54, 1.807) is 55.0 Å². The number of ether oxygens (including phenoxy) is 1. The third-order valence-corrected chi connectivity index (χ3v) is 6.66. The Balaban J connectivity index is 1.18. The molecule has 1 unspecified atom stereocenters. The Bertz CT molecular complexity index is 1460. The van der Waals surface area contributed by atoms with E-state index in [1.165, 1.54) is 11.3 Å². The molecule has 3 aromatic heterocycles. The highest BCUT2D eigenvalue weighted by Crippen LogP contribution is 2.39. The second-order valence-electron chi connectivity index (χ2n) is 8.09. The minimum atomic E-state index is -0.616. The van der Waals surface area contributed by atoms with E-state index in [9.17, 15) is 9.59 Å². The van der Waals surface area contributed by atoms with Crippen LogP contribution in [0.4, 0.5) is 10.8 Å². The molecule has 178 valence electrons. The molecule has 1 aliphatic heterocycles. The van der Waals surface area contributed by atoms with Crippen molar-refractivity contribution in [1.82, 2.24) is 4.98 Å². The maximum absolute atomic E-state index is 13.0. The van der Waals surface area contributed by atoms with E-state index < -0.39 is 6.10 Å². The summed E-state index contributed by atoms with van der Waals surface area (Å²) in [5.74, 6) is 1.29. The molecular formula is C27H19N3O5S. The number of rotatable bonds is 6. The summed E-state index contributed by atoms with van der Waals surface area (Å²) in [7, 11) is 0. The quantitative estimate of drug-likeness (QED) is 0.304. The van der Waals surface area contributed by atoms with Crippen LogP contribution in [0.1, 0.15) is 15.9 Å². The standard InChI is InChI=1S/C27H19N3O5S/c31-25(30-27-29-23(20-10-4-12-33-20)24(36-27)21-11-5-13-34-21)17-7-3-8-18(14-17)28-26(32)22-15-16-6-1-2-9-19(16)35-22/h1-14,22H,15H2,(H,28,32)(H,29,30,31). The van der Waals surface area contributed by atoms with Crippen LogP contribution >= 0.6 is 11.3 Å². The van der Waals surface area contributed by atoms with Gasteiger partial charge < -0.3 is 18.9 Å². The number of carbonyl (C=O) groups excluding carboxylic acids is 2. The molecule has 0 saturated heterocycles. The number of aromatic nitrogens is 1. The number of furan rings is 2. The number of nitrogens with zero attached hydrogens (tertiary/aromatic N) is 1. The Hall–Kier alpha value is -4.63. The molecule has 2 amide bonds. The molecule has 0 radical (unpaired) electrons. The highest BCUT2D eigenvalue weighted by atomic mass is 32.1. The van der Waals surface area contributed by atoms with E-state index >= 15 is 0 Å². The summed E-state index contributed by atoms with van der Waals surface area (Å²) in [5, 5.41) is 6.08. The first-order valence-electron chi connectivity index (χ1n) is 11.2. The molecular weight excluding hydrogens is 478 g/mol. The molecule has 1 atom stereocenters. The van der Waals surface area contributed by atoms with Crippen LogP contribution in [0.15, 0.2) is 94.2 Å². The number of para-hydroxylation sites is 1. The van der Waals surface area contributed by atoms with Crippen LogP contribution in [0.5, 0.6) is 5.75 Å². The Kier molecular flexibility index (Phi) is 5.59. The van der Waals surface area contributed by atoms with Crippen LogP contribution in [0.3, 0.4) is 0 Å². The number of benzene rings is 2. The topological polar surface area (TPSA) is 107 Å². The maximum Gasteiger partial charge on any atom is 0.265 e. The molecule has 5 aromatic rings. The molecule has 8 nitrogen and oxygen atoms in total. The molecule has 0 spiro atoms. The minimum absolute atomic E-state index is 0.269. The van der Waals surface area contributed by atoms with Crippen LogP contribution in [-0.2, 0) is 11.2 Å². The molecule has 0 aliphatic carbocycles. The van der Waals surface area contributed by atoms with Gasteiger partial charge in [0.05, 0.1) is 12.5 Å². The van der Waals surface area contributed by atoms with E-state index in [1.807, 2.05) is 30.3 Å². The number of anilines is 2. The zero-order chi connectivity index (χ0) is 24.5. The Morgan fingerprint density at radius 3 is 2.47 bits per heavy atom. The van der Waals surface area contributed by atoms with Gasteiger partial charge in [0.15, 0.2) is 17.0 Å². The number of hydrogen-bond acceptors (Lipinski definition) is 7. The molecule has 2 aromatic carbocycles. The van der Waals surface area contributed by atoms with Gasteiger partial charge >= 0.3 is 0 Å². The fourth-order valence-corrected chi connectivity index (χ4v) is 4.92. The largest absolute Gasteiger partial charge is 0.480 e. The number of amides is 2. The van der Waals surface area contributed by atoms with Crippen molar-refractivity contribution < 1.29 is 23.2 Å². The predicted octanol–water partition coefficient (Wildman–Crippen LogP) is 5.86. The van der Waals surface area contributed by atoms with E-state index in [4.69, 9.17) is 13.6 Å². The number of thiazole rings is 1. The van der Waals surface area contributed by atoms with Crippen LogP contribution in [0.25, 0.3) is 22.1 Å². The monoisotopic (exact) mass is 497 g/mol. The van der Waals surface area contributed by atoms with Gasteiger partial charge in [-0.1, -0.05) is 35.6 Å². The van der Waals surface area contributed by atoms with Crippen molar-refractivity contribution in [2.24, 2.45) is 0 Å². The van der Waals surface area contributed by atoms with E-state index in [0.717, 1.165) is 16.2 Å². The summed E-state index contributed by atoms with van der Waals surface area (Å²) in [5.41, 5.74) is 2.45. The summed E-state index contributed by atoms with van der Waals surface area (Å²) in [6, 6.07) is 21.5. The summed E-state index contributed by atoms with van der Waals surface area (Å²) in [4.78, 5) is 31.1. The Morgan fingerprint density at radius 1 is 0.889 bits per heavy atom. The summed E-state index contributed by atoms with van der Waals surface area (Å²) >= 11 is 1.28. The summed E-state index contributed by atoms with van der Waals surface area (Å²) in [6.07, 6.45) is 3.03. The van der Waals surface area contributed by atoms with Gasteiger partial charge in [-0.15, -0.1) is 0 Å². The lowest BCUT2D eigenvalue weighted by molar-refractivity contribution is -0.122. The van der Waals surface area contributed by atoms with Crippen molar-refractivity contribution in [2.75, 3.05) is 10.6 Å². The molecule has 6 rings (SSSR count). The normalized spacial score (nSPS) is 14.2. The number of fused-ring (bicyclic) bond motifs is 1. The van der Waals surface area contributed by atoms with Crippen LogP contribution < -0.4 is 15.4 Å². The zero-order valence-electron chi connectivity index (χ0n) is 18.8. The molecule has 9 heteroatoms. The first-order chi connectivity index (χ1) is 17.6. The van der Waals surface area contributed by atoms with E-state index in [2.05, 4.69) is 15.6 Å². The number of carbonyl (C=O) groups is 2. The molecule has 4 heterocycles. The fourth-order valence-electron chi connectivity index (χ4n) is 3.99. The molecule has 0 saturated carbocycles. The maximum atomic E-state index is 13.0. The fraction of sp³-hybridized carbons (Fsp3) is 0.0741. The van der Waals surface area contributed by atoms with Gasteiger partial charge in [-0.05, 0) is 54.1 Å². The lowest BCUT2D eigenvalue weighted by atomic mass is 10.1. The molecule has 2 N–H and O–H groups in total. The molecule has 1 aliphatic rings. The lowest BCUT2D eigenvalue weighted by Crippen LogP contribution is -2.31. The average molecular weight is 498 g/mol. The SMILES string of the molecule is O=C(Nc1nc(-c2ccco2)c(-c2ccco2)s1)c1cccc(NC(=O)C2Cc3ccccc3O2)c1. The van der Waals surface area contributed by atoms with Crippen LogP contribution in [0.2, 0.25) is 0 Å². The lowest BCUT2D eigenvalue weighted by Gasteiger charge is -2.12. The highest BCUT2D eigenvalue weighted by Gasteiger charge is 2.29. The number of nitrogens with one attached hydrogen (secondary N) is 2. The first kappa shape index (κ1) is 21.9. The second kappa shape index (κ2) is 9.20. The predicted molar refractivity (Wildman–Crippen MR) is 135 cm³/mol. The van der Waals surface area contributed by atoms with Crippen molar-refractivity contribution in [3.63, 3.8) is 0 Å². The van der Waals surface area contributed by atoms with Gasteiger partial charge in [-0.25, -0.2) is 4.98 Å². The van der Waals surface area contributed by atoms with Gasteiger partial charge in [0.1, 0.15) is 22.1 Å². The number of hydrogen-bond donors (Lipinski definition) is 2. The average Bonchev–Trinajstić information content (AvgIpc) is 3.69. The minimum Gasteiger partial charge on any atom is -0.480 e. The van der Waals surface area contributed by atoms with Crippen molar-refractivity contribution in [3.05, 3.63) is 96.4 Å². The van der Waals surface area contributed by atoms with Crippen molar-refractivity contribution in [1.29, 1.82) is 0 Å². The highest BCUT2D eigenvalue weighted by molar-refractivity contribution is 7.19. The molecule has 36 heavy (non-hydrogen) atoms. The Labute approximate surface area is 209 Å². The first-order valence-corrected chi connectivity index (χ1v) is 12.0. The zero-order valence-corrected chi connectivity index (χ0v) is 19.6. The Morgan fingerprint density at radius 2 is 1.69 bits per heavy atom. The van der Waals surface area contributed by atoms with E-state index in [-0.39, 0.29) is 11.8 Å². The smallest absolute Gasteiger partial charge is 0.265 e. The van der Waals surface area contributed by atoms with Crippen molar-refractivity contribution in [3.8, 4) is 27.8 Å². The van der Waals surface area contributed by atoms with Crippen molar-refractivity contribution >= 4 is 34.0 Å². The second-order valence-corrected chi connectivity index (χ2v) is 9.09. The van der Waals surface area contributed by atoms with Crippen molar-refractivity contribution in [2.45, 2.75) is 12.5 Å². The van der Waals surface area contributed by atoms with Gasteiger partial charge in [-0.2, -0.15) is 0 Å². The molecule has 0 fully saturated rings. The van der Waals surface area contributed by atoms with E-state index in [0.29, 0.717) is 40.0 Å². The molecule has 0 bridgehead atoms. The third-order valence-electron chi connectivity index (χ3n) is 5.68. The van der Waals surface area contributed by atoms with Crippen LogP contribution in [0, 0.1) is 0 Å².